The number of fused-ring (bicyclic) bond motifs is 1. The van der Waals surface area contributed by atoms with Gasteiger partial charge in [-0.25, -0.2) is 4.79 Å². The van der Waals surface area contributed by atoms with E-state index in [9.17, 15) is 14.4 Å². The lowest BCUT2D eigenvalue weighted by atomic mass is 10.1. The highest BCUT2D eigenvalue weighted by atomic mass is 79.9. The Kier molecular flexibility index (Phi) is 8.01. The van der Waals surface area contributed by atoms with Crippen LogP contribution in [0.1, 0.15) is 25.0 Å². The molecule has 186 valence electrons. The van der Waals surface area contributed by atoms with Crippen molar-refractivity contribution in [1.29, 1.82) is 0 Å². The highest BCUT2D eigenvalue weighted by molar-refractivity contribution is 9.10. The third-order valence-corrected chi connectivity index (χ3v) is 7.24. The topological polar surface area (TPSA) is 82.1 Å². The number of rotatable bonds is 8. The molecule has 1 heterocycles. The van der Waals surface area contributed by atoms with Crippen molar-refractivity contribution >= 4 is 61.7 Å². The first-order valence-corrected chi connectivity index (χ1v) is 12.9. The Hall–Kier alpha value is -3.30. The maximum atomic E-state index is 12.9. The molecule has 4 rings (SSSR count). The van der Waals surface area contributed by atoms with Crippen LogP contribution in [0.5, 0.6) is 11.5 Å². The second kappa shape index (κ2) is 11.2. The SMILES string of the molecule is CCOC(=O)[C@H](C)N1C(=O)S/C(=C/c2cc(OC)c(OCc3cccc4ccccc34)cc2Br)C1=O. The van der Waals surface area contributed by atoms with Gasteiger partial charge in [-0.3, -0.25) is 14.5 Å². The van der Waals surface area contributed by atoms with E-state index in [0.29, 0.717) is 28.1 Å². The lowest BCUT2D eigenvalue weighted by Gasteiger charge is -2.19. The molecule has 7 nitrogen and oxygen atoms in total. The lowest BCUT2D eigenvalue weighted by molar-refractivity contribution is -0.150. The quantitative estimate of drug-likeness (QED) is 0.236. The average molecular weight is 570 g/mol. The Morgan fingerprint density at radius 3 is 2.61 bits per heavy atom. The van der Waals surface area contributed by atoms with Crippen molar-refractivity contribution in [2.24, 2.45) is 0 Å². The first-order chi connectivity index (χ1) is 17.3. The van der Waals surface area contributed by atoms with E-state index in [4.69, 9.17) is 14.2 Å². The van der Waals surface area contributed by atoms with Crippen LogP contribution in [0.3, 0.4) is 0 Å². The number of benzene rings is 3. The van der Waals surface area contributed by atoms with Crippen LogP contribution >= 0.6 is 27.7 Å². The molecule has 1 saturated heterocycles. The number of esters is 1. The summed E-state index contributed by atoms with van der Waals surface area (Å²) in [7, 11) is 1.53. The Bertz CT molecular complexity index is 1370. The number of amides is 2. The number of methoxy groups -OCH3 is 1. The minimum atomic E-state index is -1.01. The van der Waals surface area contributed by atoms with Crippen molar-refractivity contribution in [2.75, 3.05) is 13.7 Å². The van der Waals surface area contributed by atoms with Crippen LogP contribution in [0.25, 0.3) is 16.8 Å². The molecule has 1 fully saturated rings. The van der Waals surface area contributed by atoms with Gasteiger partial charge in [0.1, 0.15) is 12.6 Å². The molecule has 0 unspecified atom stereocenters. The summed E-state index contributed by atoms with van der Waals surface area (Å²) in [5, 5.41) is 1.72. The number of hydrogen-bond donors (Lipinski definition) is 0. The molecule has 36 heavy (non-hydrogen) atoms. The number of hydrogen-bond acceptors (Lipinski definition) is 7. The van der Waals surface area contributed by atoms with Gasteiger partial charge in [0.05, 0.1) is 18.6 Å². The smallest absolute Gasteiger partial charge is 0.329 e. The second-order valence-corrected chi connectivity index (χ2v) is 9.78. The van der Waals surface area contributed by atoms with Crippen LogP contribution in [0.2, 0.25) is 0 Å². The van der Waals surface area contributed by atoms with Gasteiger partial charge in [0.25, 0.3) is 11.1 Å². The Morgan fingerprint density at radius 2 is 1.86 bits per heavy atom. The Balaban J connectivity index is 1.57. The number of nitrogens with zero attached hydrogens (tertiary/aromatic N) is 1. The molecule has 3 aromatic rings. The molecule has 0 aromatic heterocycles. The van der Waals surface area contributed by atoms with Gasteiger partial charge < -0.3 is 14.2 Å². The molecule has 0 aliphatic carbocycles. The number of carbonyl (C=O) groups is 3. The minimum Gasteiger partial charge on any atom is -0.493 e. The third-order valence-electron chi connectivity index (χ3n) is 5.67. The fourth-order valence-corrected chi connectivity index (χ4v) is 5.17. The van der Waals surface area contributed by atoms with E-state index in [1.165, 1.54) is 14.0 Å². The van der Waals surface area contributed by atoms with Crippen LogP contribution in [0.4, 0.5) is 4.79 Å². The van der Waals surface area contributed by atoms with Gasteiger partial charge in [0, 0.05) is 4.47 Å². The Morgan fingerprint density at radius 1 is 1.11 bits per heavy atom. The van der Waals surface area contributed by atoms with Crippen molar-refractivity contribution < 1.29 is 28.6 Å². The van der Waals surface area contributed by atoms with Crippen LogP contribution in [0, 0.1) is 0 Å². The molecule has 1 aliphatic rings. The van der Waals surface area contributed by atoms with Crippen LogP contribution in [-0.2, 0) is 20.9 Å². The first-order valence-electron chi connectivity index (χ1n) is 11.2. The number of thioether (sulfide) groups is 1. The van der Waals surface area contributed by atoms with Gasteiger partial charge in [-0.2, -0.15) is 0 Å². The monoisotopic (exact) mass is 569 g/mol. The number of carbonyl (C=O) groups excluding carboxylic acids is 3. The van der Waals surface area contributed by atoms with Crippen molar-refractivity contribution in [2.45, 2.75) is 26.5 Å². The third kappa shape index (κ3) is 5.27. The zero-order valence-electron chi connectivity index (χ0n) is 19.9. The Labute approximate surface area is 221 Å². The second-order valence-electron chi connectivity index (χ2n) is 7.93. The van der Waals surface area contributed by atoms with E-state index >= 15 is 0 Å². The maximum Gasteiger partial charge on any atom is 0.329 e. The molecule has 0 saturated carbocycles. The minimum absolute atomic E-state index is 0.164. The van der Waals surface area contributed by atoms with Crippen molar-refractivity contribution in [1.82, 2.24) is 4.90 Å². The van der Waals surface area contributed by atoms with E-state index in [1.54, 1.807) is 25.1 Å². The largest absolute Gasteiger partial charge is 0.493 e. The summed E-state index contributed by atoms with van der Waals surface area (Å²) in [6, 6.07) is 16.7. The average Bonchev–Trinajstić information content (AvgIpc) is 3.15. The highest BCUT2D eigenvalue weighted by Crippen LogP contribution is 2.39. The normalized spacial score (nSPS) is 15.4. The molecule has 0 radical (unpaired) electrons. The molecule has 2 amide bonds. The molecule has 1 atom stereocenters. The molecular formula is C27H24BrNO6S. The van der Waals surface area contributed by atoms with E-state index in [2.05, 4.69) is 34.1 Å². The summed E-state index contributed by atoms with van der Waals surface area (Å²) in [4.78, 5) is 38.6. The molecule has 3 aromatic carbocycles. The molecular weight excluding hydrogens is 546 g/mol. The van der Waals surface area contributed by atoms with Crippen molar-refractivity contribution in [3.05, 3.63) is 75.1 Å². The summed E-state index contributed by atoms with van der Waals surface area (Å²) >= 11 is 4.31. The molecule has 1 aliphatic heterocycles. The molecule has 9 heteroatoms. The maximum absolute atomic E-state index is 12.9. The molecule has 0 bridgehead atoms. The van der Waals surface area contributed by atoms with Gasteiger partial charge in [-0.05, 0) is 65.7 Å². The standard InChI is InChI=1S/C27H24BrNO6S/c1-4-34-26(31)16(2)29-25(30)24(36-27(29)32)13-19-12-22(33-3)23(14-21(19)28)35-15-18-10-7-9-17-8-5-6-11-20(17)18/h5-14,16H,4,15H2,1-3H3/b24-13+/t16-/m0/s1. The van der Waals surface area contributed by atoms with Gasteiger partial charge >= 0.3 is 5.97 Å². The first kappa shape index (κ1) is 25.8. The van der Waals surface area contributed by atoms with Gasteiger partial charge in [-0.15, -0.1) is 0 Å². The predicted molar refractivity (Wildman–Crippen MR) is 143 cm³/mol. The zero-order valence-corrected chi connectivity index (χ0v) is 22.4. The zero-order chi connectivity index (χ0) is 25.8. The van der Waals surface area contributed by atoms with Gasteiger partial charge in [-0.1, -0.05) is 58.4 Å². The fraction of sp³-hybridized carbons (Fsp3) is 0.222. The lowest BCUT2D eigenvalue weighted by Crippen LogP contribution is -2.42. The van der Waals surface area contributed by atoms with Crippen LogP contribution in [-0.4, -0.2) is 41.8 Å². The fourth-order valence-electron chi connectivity index (χ4n) is 3.83. The molecule has 0 N–H and O–H groups in total. The van der Waals surface area contributed by atoms with Gasteiger partial charge in [0.15, 0.2) is 11.5 Å². The summed E-state index contributed by atoms with van der Waals surface area (Å²) < 4.78 is 17.3. The number of imide groups is 1. The summed E-state index contributed by atoms with van der Waals surface area (Å²) in [5.74, 6) is -0.174. The van der Waals surface area contributed by atoms with Crippen LogP contribution in [0.15, 0.2) is 64.0 Å². The van der Waals surface area contributed by atoms with E-state index in [1.807, 2.05) is 24.3 Å². The highest BCUT2D eigenvalue weighted by Gasteiger charge is 2.41. The van der Waals surface area contributed by atoms with Crippen molar-refractivity contribution in [3.63, 3.8) is 0 Å². The summed E-state index contributed by atoms with van der Waals surface area (Å²) in [5.41, 5.74) is 1.67. The summed E-state index contributed by atoms with van der Waals surface area (Å²) in [6.45, 7) is 3.64. The van der Waals surface area contributed by atoms with E-state index in [0.717, 1.165) is 33.0 Å². The van der Waals surface area contributed by atoms with E-state index in [-0.39, 0.29) is 11.5 Å². The van der Waals surface area contributed by atoms with E-state index < -0.39 is 23.2 Å². The van der Waals surface area contributed by atoms with Gasteiger partial charge in [0.2, 0.25) is 0 Å². The van der Waals surface area contributed by atoms with Crippen molar-refractivity contribution in [3.8, 4) is 11.5 Å². The number of ether oxygens (including phenoxy) is 3. The summed E-state index contributed by atoms with van der Waals surface area (Å²) in [6.07, 6.45) is 1.59. The molecule has 0 spiro atoms. The number of halogens is 1. The van der Waals surface area contributed by atoms with Crippen LogP contribution < -0.4 is 9.47 Å². The predicted octanol–water partition coefficient (Wildman–Crippen LogP) is 6.18.